The summed E-state index contributed by atoms with van der Waals surface area (Å²) in [5.41, 5.74) is 2.85. The van der Waals surface area contributed by atoms with E-state index in [1.807, 2.05) is 31.0 Å². The Morgan fingerprint density at radius 3 is 2.86 bits per heavy atom. The van der Waals surface area contributed by atoms with Crippen molar-refractivity contribution in [1.29, 1.82) is 0 Å². The third kappa shape index (κ3) is 2.26. The molecule has 4 rings (SSSR count). The quantitative estimate of drug-likeness (QED) is 0.841. The van der Waals surface area contributed by atoms with Gasteiger partial charge in [-0.2, -0.15) is 5.10 Å². The van der Waals surface area contributed by atoms with Crippen LogP contribution >= 0.6 is 0 Å². The van der Waals surface area contributed by atoms with Crippen LogP contribution in [-0.4, -0.2) is 49.7 Å². The summed E-state index contributed by atoms with van der Waals surface area (Å²) in [6.45, 7) is 4.20. The number of hydrogen-bond acceptors (Lipinski definition) is 5. The fraction of sp³-hybridized carbons (Fsp3) is 0.643. The van der Waals surface area contributed by atoms with Gasteiger partial charge >= 0.3 is 0 Å². The monoisotopic (exact) mass is 289 g/mol. The van der Waals surface area contributed by atoms with Gasteiger partial charge in [0.2, 0.25) is 0 Å². The molecule has 1 unspecified atom stereocenters. The second-order valence-corrected chi connectivity index (χ2v) is 6.08. The Labute approximate surface area is 122 Å². The zero-order valence-corrected chi connectivity index (χ0v) is 12.3. The van der Waals surface area contributed by atoms with E-state index in [4.69, 9.17) is 9.47 Å². The summed E-state index contributed by atoms with van der Waals surface area (Å²) in [4.78, 5) is 0. The Kier molecular flexibility index (Phi) is 2.87. The molecule has 2 saturated heterocycles. The highest BCUT2D eigenvalue weighted by Crippen LogP contribution is 2.36. The number of aryl methyl sites for hydroxylation is 2. The molecule has 2 aliphatic rings. The Morgan fingerprint density at radius 1 is 1.38 bits per heavy atom. The molecule has 0 aliphatic carbocycles. The fourth-order valence-corrected chi connectivity index (χ4v) is 3.14. The molecule has 0 aromatic carbocycles. The van der Waals surface area contributed by atoms with E-state index in [0.717, 1.165) is 49.6 Å². The summed E-state index contributed by atoms with van der Waals surface area (Å²) in [6, 6.07) is 0. The second kappa shape index (κ2) is 4.64. The SMILES string of the molecule is Cc1nn(C)cc1-c1cn(CC2CCC3(COC3)O2)nn1. The highest BCUT2D eigenvalue weighted by Gasteiger charge is 2.46. The number of rotatable bonds is 3. The lowest BCUT2D eigenvalue weighted by Crippen LogP contribution is -2.49. The lowest BCUT2D eigenvalue weighted by Gasteiger charge is -2.37. The molecule has 7 heteroatoms. The van der Waals surface area contributed by atoms with Gasteiger partial charge in [0.1, 0.15) is 11.3 Å². The van der Waals surface area contributed by atoms with Crippen LogP contribution < -0.4 is 0 Å². The Hall–Kier alpha value is -1.73. The van der Waals surface area contributed by atoms with E-state index in [2.05, 4.69) is 15.4 Å². The van der Waals surface area contributed by atoms with Gasteiger partial charge in [-0.3, -0.25) is 4.68 Å². The van der Waals surface area contributed by atoms with Crippen molar-refractivity contribution in [2.75, 3.05) is 13.2 Å². The van der Waals surface area contributed by atoms with E-state index in [0.29, 0.717) is 0 Å². The van der Waals surface area contributed by atoms with Gasteiger partial charge in [-0.05, 0) is 19.8 Å². The van der Waals surface area contributed by atoms with Gasteiger partial charge in [-0.1, -0.05) is 5.21 Å². The first-order valence-electron chi connectivity index (χ1n) is 7.30. The Bertz CT molecular complexity index is 658. The summed E-state index contributed by atoms with van der Waals surface area (Å²) >= 11 is 0. The van der Waals surface area contributed by atoms with Crippen LogP contribution in [0.25, 0.3) is 11.3 Å². The van der Waals surface area contributed by atoms with Gasteiger partial charge in [-0.25, -0.2) is 4.68 Å². The summed E-state index contributed by atoms with van der Waals surface area (Å²) in [7, 11) is 1.91. The topological polar surface area (TPSA) is 67.0 Å². The van der Waals surface area contributed by atoms with Crippen molar-refractivity contribution in [3.05, 3.63) is 18.1 Å². The van der Waals surface area contributed by atoms with Crippen LogP contribution in [0.1, 0.15) is 18.5 Å². The van der Waals surface area contributed by atoms with Crippen molar-refractivity contribution < 1.29 is 9.47 Å². The molecule has 4 heterocycles. The van der Waals surface area contributed by atoms with E-state index >= 15 is 0 Å². The average molecular weight is 289 g/mol. The van der Waals surface area contributed by atoms with Crippen molar-refractivity contribution in [2.24, 2.45) is 7.05 Å². The summed E-state index contributed by atoms with van der Waals surface area (Å²) in [5, 5.41) is 12.8. The Balaban J connectivity index is 1.46. The number of nitrogens with zero attached hydrogens (tertiary/aromatic N) is 5. The van der Waals surface area contributed by atoms with E-state index < -0.39 is 0 Å². The van der Waals surface area contributed by atoms with Crippen molar-refractivity contribution in [1.82, 2.24) is 24.8 Å². The van der Waals surface area contributed by atoms with E-state index in [1.165, 1.54) is 0 Å². The van der Waals surface area contributed by atoms with Gasteiger partial charge in [0.15, 0.2) is 0 Å². The zero-order valence-electron chi connectivity index (χ0n) is 12.3. The first kappa shape index (κ1) is 13.0. The summed E-state index contributed by atoms with van der Waals surface area (Å²) < 4.78 is 15.0. The summed E-state index contributed by atoms with van der Waals surface area (Å²) in [6.07, 6.45) is 6.29. The van der Waals surface area contributed by atoms with Crippen LogP contribution in [0.4, 0.5) is 0 Å². The molecule has 0 radical (unpaired) electrons. The normalized spacial score (nSPS) is 23.6. The molecule has 112 valence electrons. The van der Waals surface area contributed by atoms with Crippen molar-refractivity contribution in [3.8, 4) is 11.3 Å². The molecule has 0 amide bonds. The largest absolute Gasteiger partial charge is 0.375 e. The van der Waals surface area contributed by atoms with Gasteiger partial charge in [0.25, 0.3) is 0 Å². The van der Waals surface area contributed by atoms with Crippen molar-refractivity contribution in [3.63, 3.8) is 0 Å². The van der Waals surface area contributed by atoms with Crippen LogP contribution in [0.2, 0.25) is 0 Å². The van der Waals surface area contributed by atoms with Gasteiger partial charge < -0.3 is 9.47 Å². The van der Waals surface area contributed by atoms with Gasteiger partial charge in [0, 0.05) is 18.8 Å². The second-order valence-electron chi connectivity index (χ2n) is 6.08. The standard InChI is InChI=1S/C14H19N5O2/c1-10-12(6-18(2)16-10)13-7-19(17-15-13)5-11-3-4-14(21-11)8-20-9-14/h6-7,11H,3-5,8-9H2,1-2H3. The highest BCUT2D eigenvalue weighted by atomic mass is 16.6. The summed E-state index contributed by atoms with van der Waals surface area (Å²) in [5.74, 6) is 0. The molecule has 1 spiro atoms. The zero-order chi connectivity index (χ0) is 14.4. The number of ether oxygens (including phenoxy) is 2. The van der Waals surface area contributed by atoms with Crippen LogP contribution in [0.3, 0.4) is 0 Å². The average Bonchev–Trinajstić information content (AvgIpc) is 3.08. The molecule has 2 aromatic heterocycles. The third-order valence-electron chi connectivity index (χ3n) is 4.29. The van der Waals surface area contributed by atoms with E-state index in [-0.39, 0.29) is 11.7 Å². The van der Waals surface area contributed by atoms with Gasteiger partial charge in [-0.15, -0.1) is 5.10 Å². The first-order valence-corrected chi connectivity index (χ1v) is 7.30. The smallest absolute Gasteiger partial charge is 0.116 e. The van der Waals surface area contributed by atoms with E-state index in [1.54, 1.807) is 4.68 Å². The number of aromatic nitrogens is 5. The minimum atomic E-state index is -0.00594. The van der Waals surface area contributed by atoms with Crippen LogP contribution in [0.15, 0.2) is 12.4 Å². The highest BCUT2D eigenvalue weighted by molar-refractivity contribution is 5.59. The van der Waals surface area contributed by atoms with Crippen LogP contribution in [0.5, 0.6) is 0 Å². The molecule has 2 fully saturated rings. The molecule has 0 N–H and O–H groups in total. The molecule has 1 atom stereocenters. The molecule has 2 aromatic rings. The minimum Gasteiger partial charge on any atom is -0.375 e. The first-order chi connectivity index (χ1) is 10.1. The molecular formula is C14H19N5O2. The third-order valence-corrected chi connectivity index (χ3v) is 4.29. The number of hydrogen-bond donors (Lipinski definition) is 0. The van der Waals surface area contributed by atoms with Crippen LogP contribution in [0, 0.1) is 6.92 Å². The van der Waals surface area contributed by atoms with Gasteiger partial charge in [0.05, 0.1) is 37.8 Å². The van der Waals surface area contributed by atoms with E-state index in [9.17, 15) is 0 Å². The van der Waals surface area contributed by atoms with Crippen LogP contribution in [-0.2, 0) is 23.1 Å². The predicted octanol–water partition coefficient (Wildman–Crippen LogP) is 0.935. The molecule has 0 bridgehead atoms. The minimum absolute atomic E-state index is 0.00594. The molecule has 2 aliphatic heterocycles. The van der Waals surface area contributed by atoms with Crippen molar-refractivity contribution >= 4 is 0 Å². The lowest BCUT2D eigenvalue weighted by molar-refractivity contribution is -0.201. The maximum absolute atomic E-state index is 6.10. The molecule has 0 saturated carbocycles. The predicted molar refractivity (Wildman–Crippen MR) is 74.6 cm³/mol. The molecular weight excluding hydrogens is 270 g/mol. The Morgan fingerprint density at radius 2 is 2.24 bits per heavy atom. The lowest BCUT2D eigenvalue weighted by atomic mass is 9.98. The molecule has 21 heavy (non-hydrogen) atoms. The molecule has 7 nitrogen and oxygen atoms in total. The maximum Gasteiger partial charge on any atom is 0.116 e. The van der Waals surface area contributed by atoms with Crippen molar-refractivity contribution in [2.45, 2.75) is 38.0 Å². The maximum atomic E-state index is 6.10. The fourth-order valence-electron chi connectivity index (χ4n) is 3.14.